The highest BCUT2D eigenvalue weighted by molar-refractivity contribution is 7.16. The number of nitrogens with one attached hydrogen (secondary N) is 2. The fourth-order valence-electron chi connectivity index (χ4n) is 3.16. The zero-order chi connectivity index (χ0) is 21.7. The molecule has 0 unspecified atom stereocenters. The van der Waals surface area contributed by atoms with Crippen LogP contribution in [-0.2, 0) is 9.59 Å². The molecule has 3 aromatic rings. The van der Waals surface area contributed by atoms with Crippen LogP contribution in [0.25, 0.3) is 16.5 Å². The van der Waals surface area contributed by atoms with Crippen molar-refractivity contribution in [2.24, 2.45) is 0 Å². The number of anilines is 1. The quantitative estimate of drug-likeness (QED) is 0.533. The summed E-state index contributed by atoms with van der Waals surface area (Å²) in [5, 5.41) is 5.45. The number of benzene rings is 2. The molecule has 1 aromatic heterocycles. The van der Waals surface area contributed by atoms with Crippen molar-refractivity contribution in [2.45, 2.75) is 20.8 Å². The number of carbonyl (C=O) groups is 2. The van der Waals surface area contributed by atoms with Crippen molar-refractivity contribution in [1.29, 1.82) is 0 Å². The Morgan fingerprint density at radius 2 is 1.67 bits per heavy atom. The smallest absolute Gasteiger partial charge is 0.244 e. The third-order valence-electron chi connectivity index (χ3n) is 4.52. The van der Waals surface area contributed by atoms with Gasteiger partial charge in [-0.2, -0.15) is 0 Å². The van der Waals surface area contributed by atoms with Gasteiger partial charge >= 0.3 is 0 Å². The monoisotopic (exact) mass is 422 g/mol. The molecule has 0 atom stereocenters. The zero-order valence-electron chi connectivity index (χ0n) is 17.1. The molecule has 3 rings (SSSR count). The van der Waals surface area contributed by atoms with Crippen LogP contribution in [0.3, 0.4) is 0 Å². The first-order chi connectivity index (χ1) is 14.3. The van der Waals surface area contributed by atoms with E-state index in [4.69, 9.17) is 0 Å². The van der Waals surface area contributed by atoms with Crippen molar-refractivity contribution in [3.8, 4) is 10.4 Å². The first-order valence-electron chi connectivity index (χ1n) is 9.51. The van der Waals surface area contributed by atoms with Crippen molar-refractivity contribution < 1.29 is 14.0 Å². The Labute approximate surface area is 179 Å². The van der Waals surface area contributed by atoms with Gasteiger partial charge in [0.1, 0.15) is 5.82 Å². The largest absolute Gasteiger partial charge is 0.343 e. The average molecular weight is 423 g/mol. The number of aryl methyl sites for hydroxylation is 3. The second-order valence-corrected chi connectivity index (χ2v) is 8.20. The van der Waals surface area contributed by atoms with E-state index >= 15 is 0 Å². The van der Waals surface area contributed by atoms with E-state index in [-0.39, 0.29) is 24.2 Å². The normalized spacial score (nSPS) is 10.9. The van der Waals surface area contributed by atoms with Gasteiger partial charge in [0, 0.05) is 21.5 Å². The summed E-state index contributed by atoms with van der Waals surface area (Å²) in [6.07, 6.45) is 3.09. The summed E-state index contributed by atoms with van der Waals surface area (Å²) in [4.78, 5) is 26.1. The van der Waals surface area contributed by atoms with Gasteiger partial charge in [0.2, 0.25) is 11.8 Å². The van der Waals surface area contributed by atoms with Gasteiger partial charge in [-0.3, -0.25) is 9.59 Å². The van der Waals surface area contributed by atoms with Gasteiger partial charge in [0.05, 0.1) is 6.54 Å². The van der Waals surface area contributed by atoms with E-state index in [1.165, 1.54) is 29.5 Å². The first kappa shape index (κ1) is 21.5. The number of hydrogen-bond acceptors (Lipinski definition) is 3. The lowest BCUT2D eigenvalue weighted by Gasteiger charge is -2.13. The lowest BCUT2D eigenvalue weighted by molar-refractivity contribution is -0.121. The van der Waals surface area contributed by atoms with E-state index in [9.17, 15) is 14.0 Å². The lowest BCUT2D eigenvalue weighted by Crippen LogP contribution is -2.32. The third-order valence-corrected chi connectivity index (χ3v) is 5.62. The maximum atomic E-state index is 13.0. The van der Waals surface area contributed by atoms with Gasteiger partial charge in [-0.25, -0.2) is 4.39 Å². The molecule has 2 N–H and O–H groups in total. The van der Waals surface area contributed by atoms with Crippen molar-refractivity contribution in [1.82, 2.24) is 5.32 Å². The van der Waals surface area contributed by atoms with E-state index in [0.29, 0.717) is 0 Å². The molecule has 2 amide bonds. The van der Waals surface area contributed by atoms with E-state index in [2.05, 4.69) is 10.6 Å². The fraction of sp³-hybridized carbons (Fsp3) is 0.167. The Hall–Kier alpha value is -3.25. The van der Waals surface area contributed by atoms with E-state index in [1.807, 2.05) is 45.0 Å². The molecule has 0 spiro atoms. The lowest BCUT2D eigenvalue weighted by atomic mass is 10.1. The van der Waals surface area contributed by atoms with E-state index < -0.39 is 0 Å². The van der Waals surface area contributed by atoms with Crippen LogP contribution in [0.15, 0.2) is 54.6 Å². The molecular weight excluding hydrogens is 399 g/mol. The Balaban J connectivity index is 1.53. The van der Waals surface area contributed by atoms with Crippen LogP contribution in [0.1, 0.15) is 21.6 Å². The summed E-state index contributed by atoms with van der Waals surface area (Å²) in [6.45, 7) is 5.78. The van der Waals surface area contributed by atoms with Crippen molar-refractivity contribution in [2.75, 3.05) is 11.9 Å². The predicted molar refractivity (Wildman–Crippen MR) is 121 cm³/mol. The van der Waals surface area contributed by atoms with Crippen molar-refractivity contribution >= 4 is 34.9 Å². The summed E-state index contributed by atoms with van der Waals surface area (Å²) < 4.78 is 13.0. The standard InChI is InChI=1S/C24H23FN2O2S/c1-15-12-16(2)24(17(3)13-15)27-23(29)14-26-22(28)11-9-20-8-10-21(30-20)18-4-6-19(25)7-5-18/h4-13H,14H2,1-3H3,(H,26,28)(H,27,29)/b11-9+. The number of thiophene rings is 1. The predicted octanol–water partition coefficient (Wildman–Crippen LogP) is 5.25. The molecule has 0 aliphatic carbocycles. The second-order valence-electron chi connectivity index (χ2n) is 7.08. The van der Waals surface area contributed by atoms with Crippen LogP contribution in [0.4, 0.5) is 10.1 Å². The minimum absolute atomic E-state index is 0.110. The number of amides is 2. The van der Waals surface area contributed by atoms with Gasteiger partial charge in [0.25, 0.3) is 0 Å². The molecule has 0 fully saturated rings. The highest BCUT2D eigenvalue weighted by Crippen LogP contribution is 2.29. The topological polar surface area (TPSA) is 58.2 Å². The van der Waals surface area contributed by atoms with Crippen LogP contribution in [0.2, 0.25) is 0 Å². The summed E-state index contributed by atoms with van der Waals surface area (Å²) >= 11 is 1.50. The minimum atomic E-state index is -0.348. The molecule has 0 aliphatic heterocycles. The van der Waals surface area contributed by atoms with Crippen LogP contribution < -0.4 is 10.6 Å². The Morgan fingerprint density at radius 3 is 2.33 bits per heavy atom. The number of hydrogen-bond donors (Lipinski definition) is 2. The van der Waals surface area contributed by atoms with Gasteiger partial charge in [-0.15, -0.1) is 11.3 Å². The van der Waals surface area contributed by atoms with Crippen LogP contribution in [-0.4, -0.2) is 18.4 Å². The number of carbonyl (C=O) groups excluding carboxylic acids is 2. The minimum Gasteiger partial charge on any atom is -0.343 e. The molecule has 0 bridgehead atoms. The Bertz CT molecular complexity index is 1080. The fourth-order valence-corrected chi connectivity index (χ4v) is 4.07. The van der Waals surface area contributed by atoms with Crippen LogP contribution in [0, 0.1) is 26.6 Å². The first-order valence-corrected chi connectivity index (χ1v) is 10.3. The van der Waals surface area contributed by atoms with Gasteiger partial charge in [0.15, 0.2) is 0 Å². The van der Waals surface area contributed by atoms with Gasteiger partial charge in [-0.05, 0) is 67.8 Å². The summed E-state index contributed by atoms with van der Waals surface area (Å²) in [5.74, 6) is -0.899. The van der Waals surface area contributed by atoms with Gasteiger partial charge < -0.3 is 10.6 Å². The highest BCUT2D eigenvalue weighted by atomic mass is 32.1. The molecule has 0 aliphatic rings. The van der Waals surface area contributed by atoms with Crippen molar-refractivity contribution in [3.63, 3.8) is 0 Å². The molecule has 0 saturated heterocycles. The summed E-state index contributed by atoms with van der Waals surface area (Å²) in [5.41, 5.74) is 4.81. The molecule has 2 aromatic carbocycles. The highest BCUT2D eigenvalue weighted by Gasteiger charge is 2.09. The summed E-state index contributed by atoms with van der Waals surface area (Å²) in [6, 6.07) is 14.1. The molecule has 6 heteroatoms. The second kappa shape index (κ2) is 9.50. The molecule has 30 heavy (non-hydrogen) atoms. The Morgan fingerprint density at radius 1 is 1.00 bits per heavy atom. The van der Waals surface area contributed by atoms with Crippen LogP contribution >= 0.6 is 11.3 Å². The van der Waals surface area contributed by atoms with E-state index in [1.54, 1.807) is 18.2 Å². The maximum absolute atomic E-state index is 13.0. The zero-order valence-corrected chi connectivity index (χ0v) is 17.9. The molecule has 0 saturated carbocycles. The Kier molecular flexibility index (Phi) is 6.79. The average Bonchev–Trinajstić information content (AvgIpc) is 3.17. The molecule has 0 radical (unpaired) electrons. The summed E-state index contributed by atoms with van der Waals surface area (Å²) in [7, 11) is 0. The van der Waals surface area contributed by atoms with E-state index in [0.717, 1.165) is 37.7 Å². The maximum Gasteiger partial charge on any atom is 0.244 e. The van der Waals surface area contributed by atoms with Crippen molar-refractivity contribution in [3.05, 3.63) is 82.0 Å². The van der Waals surface area contributed by atoms with Crippen LogP contribution in [0.5, 0.6) is 0 Å². The number of rotatable bonds is 6. The third kappa shape index (κ3) is 5.64. The SMILES string of the molecule is Cc1cc(C)c(NC(=O)CNC(=O)/C=C/c2ccc(-c3ccc(F)cc3)s2)c(C)c1. The number of halogens is 1. The molecule has 154 valence electrons. The molecule has 1 heterocycles. The van der Waals surface area contributed by atoms with Gasteiger partial charge in [-0.1, -0.05) is 29.8 Å². The molecule has 4 nitrogen and oxygen atoms in total. The molecular formula is C24H23FN2O2S.